The van der Waals surface area contributed by atoms with Gasteiger partial charge < -0.3 is 0 Å². The predicted molar refractivity (Wildman–Crippen MR) is 47.5 cm³/mol. The summed E-state index contributed by atoms with van der Waals surface area (Å²) in [5.41, 5.74) is 0.192. The summed E-state index contributed by atoms with van der Waals surface area (Å²) in [6.07, 6.45) is 1.60. The highest BCUT2D eigenvalue weighted by Gasteiger charge is 1.95. The molecule has 0 aliphatic rings. The molecule has 0 radical (unpaired) electrons. The Bertz CT molecular complexity index is 528. The van der Waals surface area contributed by atoms with Crippen molar-refractivity contribution >= 4 is 23.3 Å². The number of aromatic amines is 2. The summed E-state index contributed by atoms with van der Waals surface area (Å²) < 4.78 is 0.418. The minimum Gasteiger partial charge on any atom is -0.298 e. The lowest BCUT2D eigenvalue weighted by Crippen LogP contribution is -2.10. The van der Waals surface area contributed by atoms with Gasteiger partial charge >= 0.3 is 5.69 Å². The maximum atomic E-state index is 10.9. The fourth-order valence-electron chi connectivity index (χ4n) is 0.997. The molecule has 5 heteroatoms. The molecule has 0 aromatic carbocycles. The molecule has 0 aliphatic heterocycles. The molecule has 2 rings (SSSR count). The standard InChI is InChI=1S/C7H5N3OS/c11-7-9-5-4(6(12)10-7)2-1-3-8-5/h1-3H,(H2,8,9,10,11,12). The Morgan fingerprint density at radius 1 is 1.42 bits per heavy atom. The molecule has 0 saturated carbocycles. The van der Waals surface area contributed by atoms with Gasteiger partial charge in [0.05, 0.1) is 5.39 Å². The van der Waals surface area contributed by atoms with Crippen LogP contribution < -0.4 is 5.69 Å². The van der Waals surface area contributed by atoms with E-state index in [2.05, 4.69) is 15.0 Å². The fourth-order valence-corrected chi connectivity index (χ4v) is 1.25. The van der Waals surface area contributed by atoms with E-state index in [0.717, 1.165) is 5.39 Å². The normalized spacial score (nSPS) is 10.3. The van der Waals surface area contributed by atoms with Crippen molar-refractivity contribution in [2.75, 3.05) is 0 Å². The van der Waals surface area contributed by atoms with Crippen molar-refractivity contribution in [1.29, 1.82) is 0 Å². The number of H-pyrrole nitrogens is 2. The van der Waals surface area contributed by atoms with Gasteiger partial charge in [0.2, 0.25) is 0 Å². The van der Waals surface area contributed by atoms with Crippen LogP contribution in [0.2, 0.25) is 0 Å². The van der Waals surface area contributed by atoms with Crippen LogP contribution in [0.3, 0.4) is 0 Å². The number of hydrogen-bond acceptors (Lipinski definition) is 3. The average molecular weight is 179 g/mol. The molecule has 0 aliphatic carbocycles. The molecule has 12 heavy (non-hydrogen) atoms. The second kappa shape index (κ2) is 2.53. The van der Waals surface area contributed by atoms with Crippen LogP contribution in [-0.2, 0) is 0 Å². The first kappa shape index (κ1) is 7.17. The van der Waals surface area contributed by atoms with E-state index in [4.69, 9.17) is 12.2 Å². The van der Waals surface area contributed by atoms with Gasteiger partial charge in [-0.15, -0.1) is 0 Å². The van der Waals surface area contributed by atoms with E-state index in [1.807, 2.05) is 0 Å². The molecule has 0 fully saturated rings. The van der Waals surface area contributed by atoms with Crippen molar-refractivity contribution in [1.82, 2.24) is 15.0 Å². The quantitative estimate of drug-likeness (QED) is 0.592. The Morgan fingerprint density at radius 2 is 2.25 bits per heavy atom. The summed E-state index contributed by atoms with van der Waals surface area (Å²) in [6, 6.07) is 3.57. The summed E-state index contributed by atoms with van der Waals surface area (Å²) in [5.74, 6) is 0. The molecule has 4 nitrogen and oxygen atoms in total. The largest absolute Gasteiger partial charge is 0.325 e. The first-order valence-corrected chi connectivity index (χ1v) is 3.75. The van der Waals surface area contributed by atoms with Gasteiger partial charge in [0.1, 0.15) is 10.3 Å². The van der Waals surface area contributed by atoms with Gasteiger partial charge in [0, 0.05) is 6.20 Å². The van der Waals surface area contributed by atoms with Gasteiger partial charge in [-0.2, -0.15) is 0 Å². The predicted octanol–water partition coefficient (Wildman–Crippen LogP) is 0.981. The van der Waals surface area contributed by atoms with E-state index in [1.54, 1.807) is 18.3 Å². The average Bonchev–Trinajstić information content (AvgIpc) is 2.04. The third-order valence-electron chi connectivity index (χ3n) is 1.51. The molecule has 2 heterocycles. The van der Waals surface area contributed by atoms with Gasteiger partial charge in [0.25, 0.3) is 0 Å². The Hall–Kier alpha value is -1.49. The fraction of sp³-hybridized carbons (Fsp3) is 0. The molecule has 60 valence electrons. The number of pyridine rings is 1. The van der Waals surface area contributed by atoms with Gasteiger partial charge in [0.15, 0.2) is 0 Å². The van der Waals surface area contributed by atoms with E-state index in [9.17, 15) is 4.79 Å². The molecule has 0 unspecified atom stereocenters. The summed E-state index contributed by atoms with van der Waals surface area (Å²) in [4.78, 5) is 19.9. The molecule has 0 atom stereocenters. The monoisotopic (exact) mass is 179 g/mol. The van der Waals surface area contributed by atoms with Crippen LogP contribution in [0.15, 0.2) is 23.1 Å². The molecule has 2 aromatic heterocycles. The lowest BCUT2D eigenvalue weighted by atomic mass is 10.3. The number of fused-ring (bicyclic) bond motifs is 1. The summed E-state index contributed by atoms with van der Waals surface area (Å²) in [6.45, 7) is 0. The zero-order valence-electron chi connectivity index (χ0n) is 6.00. The van der Waals surface area contributed by atoms with Crippen LogP contribution in [0.1, 0.15) is 0 Å². The summed E-state index contributed by atoms with van der Waals surface area (Å²) in [5, 5.41) is 0.757. The highest BCUT2D eigenvalue weighted by molar-refractivity contribution is 7.71. The molecular formula is C7H5N3OS. The highest BCUT2D eigenvalue weighted by atomic mass is 32.1. The third kappa shape index (κ3) is 1.04. The number of nitrogens with zero attached hydrogens (tertiary/aromatic N) is 1. The minimum atomic E-state index is -0.328. The topological polar surface area (TPSA) is 61.5 Å². The van der Waals surface area contributed by atoms with Crippen LogP contribution in [0.5, 0.6) is 0 Å². The highest BCUT2D eigenvalue weighted by Crippen LogP contribution is 2.04. The van der Waals surface area contributed by atoms with Crippen LogP contribution in [0.4, 0.5) is 0 Å². The van der Waals surface area contributed by atoms with Crippen LogP contribution in [0.25, 0.3) is 11.0 Å². The molecular weight excluding hydrogens is 174 g/mol. The van der Waals surface area contributed by atoms with Gasteiger partial charge in [-0.25, -0.2) is 9.78 Å². The Kier molecular flexibility index (Phi) is 1.51. The van der Waals surface area contributed by atoms with Crippen molar-refractivity contribution in [2.45, 2.75) is 0 Å². The zero-order valence-corrected chi connectivity index (χ0v) is 6.81. The molecule has 2 N–H and O–H groups in total. The Morgan fingerprint density at radius 3 is 3.08 bits per heavy atom. The van der Waals surface area contributed by atoms with Crippen LogP contribution in [-0.4, -0.2) is 15.0 Å². The summed E-state index contributed by atoms with van der Waals surface area (Å²) in [7, 11) is 0. The van der Waals surface area contributed by atoms with Crippen LogP contribution >= 0.6 is 12.2 Å². The maximum Gasteiger partial charge on any atom is 0.325 e. The number of nitrogens with one attached hydrogen (secondary N) is 2. The number of hydrogen-bond donors (Lipinski definition) is 2. The van der Waals surface area contributed by atoms with Gasteiger partial charge in [-0.3, -0.25) is 9.97 Å². The zero-order chi connectivity index (χ0) is 8.55. The van der Waals surface area contributed by atoms with E-state index >= 15 is 0 Å². The number of rotatable bonds is 0. The van der Waals surface area contributed by atoms with E-state index in [-0.39, 0.29) is 5.69 Å². The molecule has 0 saturated heterocycles. The first-order chi connectivity index (χ1) is 5.77. The second-order valence-electron chi connectivity index (χ2n) is 2.31. The van der Waals surface area contributed by atoms with E-state index < -0.39 is 0 Å². The molecule has 2 aromatic rings. The maximum absolute atomic E-state index is 10.9. The van der Waals surface area contributed by atoms with Crippen molar-refractivity contribution in [3.05, 3.63) is 33.5 Å². The SMILES string of the molecule is O=c1[nH]c(=S)c2cccnc2[nH]1. The summed E-state index contributed by atoms with van der Waals surface area (Å²) >= 11 is 4.93. The lowest BCUT2D eigenvalue weighted by Gasteiger charge is -1.93. The van der Waals surface area contributed by atoms with Crippen molar-refractivity contribution < 1.29 is 0 Å². The van der Waals surface area contributed by atoms with E-state index in [0.29, 0.717) is 10.3 Å². The van der Waals surface area contributed by atoms with Gasteiger partial charge in [-0.05, 0) is 12.1 Å². The Labute approximate surface area is 72.3 Å². The molecule has 0 bridgehead atoms. The first-order valence-electron chi connectivity index (χ1n) is 3.35. The third-order valence-corrected chi connectivity index (χ3v) is 1.83. The smallest absolute Gasteiger partial charge is 0.298 e. The molecule has 0 spiro atoms. The number of aromatic nitrogens is 3. The Balaban J connectivity index is 3.09. The van der Waals surface area contributed by atoms with Crippen LogP contribution in [0, 0.1) is 4.64 Å². The van der Waals surface area contributed by atoms with E-state index in [1.165, 1.54) is 0 Å². The minimum absolute atomic E-state index is 0.328. The van der Waals surface area contributed by atoms with Crippen molar-refractivity contribution in [2.24, 2.45) is 0 Å². The second-order valence-corrected chi connectivity index (χ2v) is 2.72. The van der Waals surface area contributed by atoms with Crippen molar-refractivity contribution in [3.8, 4) is 0 Å². The molecule has 0 amide bonds. The van der Waals surface area contributed by atoms with Crippen molar-refractivity contribution in [3.63, 3.8) is 0 Å². The lowest BCUT2D eigenvalue weighted by molar-refractivity contribution is 1.08. The van der Waals surface area contributed by atoms with Gasteiger partial charge in [-0.1, -0.05) is 12.2 Å².